The van der Waals surface area contributed by atoms with Crippen molar-refractivity contribution in [2.24, 2.45) is 17.8 Å². The topological polar surface area (TPSA) is 41.1 Å². The first-order valence-electron chi connectivity index (χ1n) is 7.07. The molecule has 3 nitrogen and oxygen atoms in total. The summed E-state index contributed by atoms with van der Waals surface area (Å²) in [5, 5.41) is 6.95. The summed E-state index contributed by atoms with van der Waals surface area (Å²) in [6, 6.07) is 5.16. The van der Waals surface area contributed by atoms with Crippen LogP contribution in [0.1, 0.15) is 24.8 Å². The summed E-state index contributed by atoms with van der Waals surface area (Å²) >= 11 is 11.9. The molecule has 0 spiro atoms. The van der Waals surface area contributed by atoms with Gasteiger partial charge in [0, 0.05) is 23.1 Å². The molecule has 3 rings (SSSR count). The van der Waals surface area contributed by atoms with Crippen molar-refractivity contribution in [2.45, 2.75) is 25.8 Å². The van der Waals surface area contributed by atoms with Gasteiger partial charge in [0.1, 0.15) is 0 Å². The summed E-state index contributed by atoms with van der Waals surface area (Å²) in [7, 11) is 0. The zero-order valence-electron chi connectivity index (χ0n) is 11.2. The first-order valence-corrected chi connectivity index (χ1v) is 7.83. The number of benzene rings is 1. The predicted octanol–water partition coefficient (Wildman–Crippen LogP) is 3.84. The van der Waals surface area contributed by atoms with Crippen LogP contribution in [-0.2, 0) is 6.54 Å². The molecular weight excluding hydrogens is 295 g/mol. The predicted molar refractivity (Wildman–Crippen MR) is 81.0 cm³/mol. The standard InChI is InChI=1S/C15H18Cl2N2O/c16-13-2-1-10(14(17)6-13)8-19-15(20)18-7-9-3-11-5-12(11)4-9/h1-2,6,9,11-12H,3-5,7-8H2,(H2,18,19,20). The van der Waals surface area contributed by atoms with Gasteiger partial charge in [-0.25, -0.2) is 4.79 Å². The summed E-state index contributed by atoms with van der Waals surface area (Å²) < 4.78 is 0. The van der Waals surface area contributed by atoms with Crippen molar-refractivity contribution >= 4 is 29.2 Å². The molecule has 20 heavy (non-hydrogen) atoms. The minimum atomic E-state index is -0.128. The largest absolute Gasteiger partial charge is 0.338 e. The normalized spacial score (nSPS) is 27.0. The second-order valence-corrected chi connectivity index (χ2v) is 6.74. The Kier molecular flexibility index (Phi) is 4.08. The van der Waals surface area contributed by atoms with Crippen molar-refractivity contribution in [3.8, 4) is 0 Å². The highest BCUT2D eigenvalue weighted by Crippen LogP contribution is 2.54. The summed E-state index contributed by atoms with van der Waals surface area (Å²) in [6.45, 7) is 1.20. The lowest BCUT2D eigenvalue weighted by molar-refractivity contribution is 0.238. The van der Waals surface area contributed by atoms with Crippen molar-refractivity contribution in [1.82, 2.24) is 10.6 Å². The maximum absolute atomic E-state index is 11.8. The van der Waals surface area contributed by atoms with E-state index in [0.717, 1.165) is 23.9 Å². The quantitative estimate of drug-likeness (QED) is 0.871. The van der Waals surface area contributed by atoms with Crippen molar-refractivity contribution in [3.63, 3.8) is 0 Å². The van der Waals surface area contributed by atoms with Crippen LogP contribution in [0.2, 0.25) is 10.0 Å². The summed E-state index contributed by atoms with van der Waals surface area (Å²) in [6.07, 6.45) is 3.99. The Morgan fingerprint density at radius 3 is 2.60 bits per heavy atom. The molecule has 2 fully saturated rings. The average Bonchev–Trinajstić information content (AvgIpc) is 3.02. The number of fused-ring (bicyclic) bond motifs is 1. The third kappa shape index (κ3) is 3.39. The molecule has 2 atom stereocenters. The molecule has 5 heteroatoms. The van der Waals surface area contributed by atoms with E-state index in [-0.39, 0.29) is 6.03 Å². The number of carbonyl (C=O) groups is 1. The molecule has 0 bridgehead atoms. The Hall–Kier alpha value is -0.930. The van der Waals surface area contributed by atoms with Crippen LogP contribution in [0.4, 0.5) is 4.79 Å². The molecule has 2 saturated carbocycles. The molecule has 2 aliphatic rings. The Morgan fingerprint density at radius 1 is 1.15 bits per heavy atom. The van der Waals surface area contributed by atoms with Crippen molar-refractivity contribution in [2.75, 3.05) is 6.54 Å². The van der Waals surface area contributed by atoms with Gasteiger partial charge in [0.2, 0.25) is 0 Å². The van der Waals surface area contributed by atoms with Gasteiger partial charge in [0.25, 0.3) is 0 Å². The van der Waals surface area contributed by atoms with E-state index in [1.807, 2.05) is 6.07 Å². The molecule has 0 heterocycles. The number of urea groups is 1. The second kappa shape index (κ2) is 5.82. The molecule has 1 aromatic carbocycles. The van der Waals surface area contributed by atoms with Gasteiger partial charge < -0.3 is 10.6 Å². The molecular formula is C15H18Cl2N2O. The average molecular weight is 313 g/mol. The molecule has 2 amide bonds. The van der Waals surface area contributed by atoms with Gasteiger partial charge in [-0.05, 0) is 54.7 Å². The van der Waals surface area contributed by atoms with Gasteiger partial charge in [-0.15, -0.1) is 0 Å². The minimum absolute atomic E-state index is 0.128. The van der Waals surface area contributed by atoms with E-state index in [0.29, 0.717) is 22.5 Å². The molecule has 0 saturated heterocycles. The molecule has 2 aliphatic carbocycles. The van der Waals surface area contributed by atoms with Gasteiger partial charge in [0.15, 0.2) is 0 Å². The van der Waals surface area contributed by atoms with E-state index in [4.69, 9.17) is 23.2 Å². The maximum Gasteiger partial charge on any atom is 0.315 e. The van der Waals surface area contributed by atoms with Gasteiger partial charge >= 0.3 is 6.03 Å². The summed E-state index contributed by atoms with van der Waals surface area (Å²) in [5.74, 6) is 2.58. The zero-order valence-corrected chi connectivity index (χ0v) is 12.7. The number of nitrogens with one attached hydrogen (secondary N) is 2. The van der Waals surface area contributed by atoms with Crippen LogP contribution in [0.15, 0.2) is 18.2 Å². The highest BCUT2D eigenvalue weighted by Gasteiger charge is 2.45. The Labute approximate surface area is 129 Å². The van der Waals surface area contributed by atoms with Crippen LogP contribution < -0.4 is 10.6 Å². The molecule has 2 N–H and O–H groups in total. The van der Waals surface area contributed by atoms with E-state index in [2.05, 4.69) is 10.6 Å². The zero-order chi connectivity index (χ0) is 14.1. The Balaban J connectivity index is 1.40. The lowest BCUT2D eigenvalue weighted by atomic mass is 10.0. The van der Waals surface area contributed by atoms with Crippen LogP contribution in [-0.4, -0.2) is 12.6 Å². The molecule has 0 aromatic heterocycles. The number of halogens is 2. The van der Waals surface area contributed by atoms with E-state index >= 15 is 0 Å². The SMILES string of the molecule is O=C(NCc1ccc(Cl)cc1Cl)NCC1CC2CC2C1. The van der Waals surface area contributed by atoms with E-state index < -0.39 is 0 Å². The monoisotopic (exact) mass is 312 g/mol. The Morgan fingerprint density at radius 2 is 1.90 bits per heavy atom. The lowest BCUT2D eigenvalue weighted by Crippen LogP contribution is -2.37. The van der Waals surface area contributed by atoms with Crippen LogP contribution >= 0.6 is 23.2 Å². The Bertz CT molecular complexity index is 511. The first-order chi connectivity index (χ1) is 9.61. The molecule has 1 aromatic rings. The number of hydrogen-bond acceptors (Lipinski definition) is 1. The van der Waals surface area contributed by atoms with Crippen LogP contribution in [0.5, 0.6) is 0 Å². The highest BCUT2D eigenvalue weighted by atomic mass is 35.5. The molecule has 2 unspecified atom stereocenters. The highest BCUT2D eigenvalue weighted by molar-refractivity contribution is 6.35. The third-order valence-corrected chi connectivity index (χ3v) is 4.93. The van der Waals surface area contributed by atoms with E-state index in [1.165, 1.54) is 19.3 Å². The van der Waals surface area contributed by atoms with Crippen molar-refractivity contribution < 1.29 is 4.79 Å². The van der Waals surface area contributed by atoms with Crippen LogP contribution in [0.25, 0.3) is 0 Å². The number of rotatable bonds is 4. The first kappa shape index (κ1) is 14.0. The molecule has 0 radical (unpaired) electrons. The maximum atomic E-state index is 11.8. The van der Waals surface area contributed by atoms with Gasteiger partial charge in [-0.3, -0.25) is 0 Å². The summed E-state index contributed by atoms with van der Waals surface area (Å²) in [4.78, 5) is 11.8. The number of amides is 2. The molecule has 108 valence electrons. The fourth-order valence-electron chi connectivity index (χ4n) is 3.15. The second-order valence-electron chi connectivity index (χ2n) is 5.89. The van der Waals surface area contributed by atoms with Gasteiger partial charge in [0.05, 0.1) is 0 Å². The van der Waals surface area contributed by atoms with E-state index in [9.17, 15) is 4.79 Å². The number of carbonyl (C=O) groups excluding carboxylic acids is 1. The smallest absolute Gasteiger partial charge is 0.315 e. The lowest BCUT2D eigenvalue weighted by Gasteiger charge is -2.13. The minimum Gasteiger partial charge on any atom is -0.338 e. The fraction of sp³-hybridized carbons (Fsp3) is 0.533. The van der Waals surface area contributed by atoms with Crippen LogP contribution in [0, 0.1) is 17.8 Å². The third-order valence-electron chi connectivity index (χ3n) is 4.35. The van der Waals surface area contributed by atoms with Gasteiger partial charge in [-0.2, -0.15) is 0 Å². The van der Waals surface area contributed by atoms with Crippen LogP contribution in [0.3, 0.4) is 0 Å². The van der Waals surface area contributed by atoms with Crippen molar-refractivity contribution in [1.29, 1.82) is 0 Å². The molecule has 0 aliphatic heterocycles. The summed E-state index contributed by atoms with van der Waals surface area (Å²) in [5.41, 5.74) is 0.869. The number of hydrogen-bond donors (Lipinski definition) is 2. The fourth-order valence-corrected chi connectivity index (χ4v) is 3.62. The van der Waals surface area contributed by atoms with Crippen molar-refractivity contribution in [3.05, 3.63) is 33.8 Å². The van der Waals surface area contributed by atoms with E-state index in [1.54, 1.807) is 12.1 Å². The van der Waals surface area contributed by atoms with Gasteiger partial charge in [-0.1, -0.05) is 29.3 Å².